The third kappa shape index (κ3) is 2.08. The Morgan fingerprint density at radius 3 is 2.73 bits per heavy atom. The van der Waals surface area contributed by atoms with Gasteiger partial charge in [0.25, 0.3) is 0 Å². The van der Waals surface area contributed by atoms with Gasteiger partial charge in [-0.3, -0.25) is 4.79 Å². The van der Waals surface area contributed by atoms with Crippen molar-refractivity contribution < 1.29 is 9.18 Å². The van der Waals surface area contributed by atoms with Crippen molar-refractivity contribution in [3.05, 3.63) is 46.0 Å². The Bertz CT molecular complexity index is 507. The van der Waals surface area contributed by atoms with E-state index in [9.17, 15) is 9.18 Å². The molecule has 1 heterocycles. The van der Waals surface area contributed by atoms with E-state index in [4.69, 9.17) is 11.6 Å². The molecule has 0 bridgehead atoms. The van der Waals surface area contributed by atoms with Crippen LogP contribution in [0.5, 0.6) is 0 Å². The molecule has 1 aromatic carbocycles. The molecule has 0 atom stereocenters. The molecule has 2 rings (SSSR count). The largest absolute Gasteiger partial charge is 0.297 e. The van der Waals surface area contributed by atoms with E-state index in [1.165, 1.54) is 29.5 Å². The van der Waals surface area contributed by atoms with Gasteiger partial charge in [0.05, 0.1) is 4.88 Å². The molecule has 0 aliphatic rings. The third-order valence-electron chi connectivity index (χ3n) is 1.94. The van der Waals surface area contributed by atoms with E-state index in [0.717, 1.165) is 11.2 Å². The predicted molar refractivity (Wildman–Crippen MR) is 60.1 cm³/mol. The Kier molecular flexibility index (Phi) is 2.84. The van der Waals surface area contributed by atoms with Crippen LogP contribution in [0.2, 0.25) is 5.02 Å². The highest BCUT2D eigenvalue weighted by molar-refractivity contribution is 7.17. The Labute approximate surface area is 95.1 Å². The quantitative estimate of drug-likeness (QED) is 0.725. The predicted octanol–water partition coefficient (Wildman–Crippen LogP) is 4.02. The summed E-state index contributed by atoms with van der Waals surface area (Å²) in [6.45, 7) is 0. The van der Waals surface area contributed by atoms with Crippen LogP contribution in [0.1, 0.15) is 9.67 Å². The summed E-state index contributed by atoms with van der Waals surface area (Å²) in [5.74, 6) is -0.338. The first-order valence-electron chi connectivity index (χ1n) is 4.21. The molecule has 2 aromatic rings. The van der Waals surface area contributed by atoms with Gasteiger partial charge in [-0.05, 0) is 30.3 Å². The summed E-state index contributed by atoms with van der Waals surface area (Å²) >= 11 is 7.22. The van der Waals surface area contributed by atoms with Crippen molar-refractivity contribution in [2.24, 2.45) is 0 Å². The highest BCUT2D eigenvalue weighted by atomic mass is 35.5. The van der Waals surface area contributed by atoms with Crippen LogP contribution in [0.15, 0.2) is 30.3 Å². The number of rotatable bonds is 2. The van der Waals surface area contributed by atoms with Crippen molar-refractivity contribution in [3.63, 3.8) is 0 Å². The summed E-state index contributed by atoms with van der Waals surface area (Å²) in [5, 5.41) is 0.482. The molecule has 0 aliphatic carbocycles. The molecule has 0 aliphatic heterocycles. The fourth-order valence-corrected chi connectivity index (χ4v) is 2.38. The lowest BCUT2D eigenvalue weighted by atomic mass is 10.2. The van der Waals surface area contributed by atoms with Crippen LogP contribution < -0.4 is 0 Å². The van der Waals surface area contributed by atoms with Crippen LogP contribution in [0, 0.1) is 5.82 Å². The topological polar surface area (TPSA) is 17.1 Å². The third-order valence-corrected chi connectivity index (χ3v) is 3.31. The minimum atomic E-state index is -0.338. The molecule has 0 N–H and O–H groups in total. The lowest BCUT2D eigenvalue weighted by Crippen LogP contribution is -1.78. The number of carbonyl (C=O) groups excluding carboxylic acids is 1. The van der Waals surface area contributed by atoms with E-state index >= 15 is 0 Å². The van der Waals surface area contributed by atoms with E-state index in [-0.39, 0.29) is 5.82 Å². The van der Waals surface area contributed by atoms with Crippen LogP contribution in [-0.4, -0.2) is 6.29 Å². The average Bonchev–Trinajstić information content (AvgIpc) is 2.70. The van der Waals surface area contributed by atoms with Crippen molar-refractivity contribution in [2.75, 3.05) is 0 Å². The second-order valence-electron chi connectivity index (χ2n) is 2.94. The van der Waals surface area contributed by atoms with Crippen molar-refractivity contribution in [3.8, 4) is 10.4 Å². The maximum atomic E-state index is 13.0. The summed E-state index contributed by atoms with van der Waals surface area (Å²) in [4.78, 5) is 11.9. The van der Waals surface area contributed by atoms with Crippen molar-refractivity contribution >= 4 is 29.2 Å². The summed E-state index contributed by atoms with van der Waals surface area (Å²) in [5.41, 5.74) is 0.620. The van der Waals surface area contributed by atoms with Crippen LogP contribution in [0.3, 0.4) is 0 Å². The van der Waals surface area contributed by atoms with Gasteiger partial charge in [0.2, 0.25) is 0 Å². The van der Waals surface area contributed by atoms with Crippen LogP contribution in [0.4, 0.5) is 4.39 Å². The molecular formula is C11H6ClFOS. The molecule has 0 radical (unpaired) electrons. The molecule has 0 unspecified atom stereocenters. The minimum absolute atomic E-state index is 0.338. The maximum absolute atomic E-state index is 13.0. The number of aldehydes is 1. The van der Waals surface area contributed by atoms with E-state index < -0.39 is 0 Å². The zero-order chi connectivity index (χ0) is 10.8. The monoisotopic (exact) mass is 240 g/mol. The van der Waals surface area contributed by atoms with E-state index in [1.54, 1.807) is 12.1 Å². The van der Waals surface area contributed by atoms with Crippen molar-refractivity contribution in [2.45, 2.75) is 0 Å². The average molecular weight is 241 g/mol. The molecule has 0 fully saturated rings. The SMILES string of the molecule is O=Cc1ccc(-c2cc(F)ccc2Cl)s1. The van der Waals surface area contributed by atoms with Gasteiger partial charge in [-0.25, -0.2) is 4.39 Å². The molecular weight excluding hydrogens is 235 g/mol. The highest BCUT2D eigenvalue weighted by Crippen LogP contribution is 2.33. The zero-order valence-electron chi connectivity index (χ0n) is 7.54. The van der Waals surface area contributed by atoms with Gasteiger partial charge >= 0.3 is 0 Å². The molecule has 1 aromatic heterocycles. The summed E-state index contributed by atoms with van der Waals surface area (Å²) in [6, 6.07) is 7.62. The number of thiophene rings is 1. The lowest BCUT2D eigenvalue weighted by Gasteiger charge is -2.00. The number of carbonyl (C=O) groups is 1. The Balaban J connectivity index is 2.52. The molecule has 0 saturated heterocycles. The Morgan fingerprint density at radius 1 is 1.27 bits per heavy atom. The highest BCUT2D eigenvalue weighted by Gasteiger charge is 2.07. The molecule has 0 saturated carbocycles. The van der Waals surface area contributed by atoms with Gasteiger partial charge in [0, 0.05) is 15.5 Å². The summed E-state index contributed by atoms with van der Waals surface area (Å²) in [7, 11) is 0. The molecule has 0 amide bonds. The molecule has 15 heavy (non-hydrogen) atoms. The molecule has 0 spiro atoms. The smallest absolute Gasteiger partial charge is 0.160 e. The van der Waals surface area contributed by atoms with Gasteiger partial charge in [0.1, 0.15) is 5.82 Å². The van der Waals surface area contributed by atoms with E-state index in [2.05, 4.69) is 0 Å². The number of hydrogen-bond donors (Lipinski definition) is 0. The summed E-state index contributed by atoms with van der Waals surface area (Å²) < 4.78 is 13.0. The van der Waals surface area contributed by atoms with E-state index in [0.29, 0.717) is 15.5 Å². The Hall–Kier alpha value is -1.19. The minimum Gasteiger partial charge on any atom is -0.297 e. The second-order valence-corrected chi connectivity index (χ2v) is 4.47. The summed E-state index contributed by atoms with van der Waals surface area (Å²) in [6.07, 6.45) is 0.765. The fraction of sp³-hybridized carbons (Fsp3) is 0. The van der Waals surface area contributed by atoms with Crippen molar-refractivity contribution in [1.29, 1.82) is 0 Å². The normalized spacial score (nSPS) is 10.3. The lowest BCUT2D eigenvalue weighted by molar-refractivity contribution is 0.112. The van der Waals surface area contributed by atoms with E-state index in [1.807, 2.05) is 0 Å². The van der Waals surface area contributed by atoms with Crippen LogP contribution in [-0.2, 0) is 0 Å². The first-order valence-corrected chi connectivity index (χ1v) is 5.40. The number of benzene rings is 1. The first kappa shape index (κ1) is 10.3. The number of hydrogen-bond acceptors (Lipinski definition) is 2. The number of halogens is 2. The van der Waals surface area contributed by atoms with Gasteiger partial charge in [0.15, 0.2) is 6.29 Å². The van der Waals surface area contributed by atoms with Crippen molar-refractivity contribution in [1.82, 2.24) is 0 Å². The zero-order valence-corrected chi connectivity index (χ0v) is 9.11. The van der Waals surface area contributed by atoms with Crippen LogP contribution in [0.25, 0.3) is 10.4 Å². The van der Waals surface area contributed by atoms with Gasteiger partial charge < -0.3 is 0 Å². The second kappa shape index (κ2) is 4.13. The van der Waals surface area contributed by atoms with Gasteiger partial charge in [-0.15, -0.1) is 11.3 Å². The molecule has 4 heteroatoms. The van der Waals surface area contributed by atoms with Gasteiger partial charge in [-0.1, -0.05) is 11.6 Å². The standard InChI is InChI=1S/C11H6ClFOS/c12-10-3-1-7(13)5-9(10)11-4-2-8(6-14)15-11/h1-6H. The fourth-order valence-electron chi connectivity index (χ4n) is 1.25. The Morgan fingerprint density at radius 2 is 2.07 bits per heavy atom. The van der Waals surface area contributed by atoms with Gasteiger partial charge in [-0.2, -0.15) is 0 Å². The first-order chi connectivity index (χ1) is 7.20. The maximum Gasteiger partial charge on any atom is 0.160 e. The van der Waals surface area contributed by atoms with Crippen LogP contribution >= 0.6 is 22.9 Å². The molecule has 76 valence electrons. The molecule has 1 nitrogen and oxygen atoms in total.